The lowest BCUT2D eigenvalue weighted by Crippen LogP contribution is -2.47. The van der Waals surface area contributed by atoms with Gasteiger partial charge in [-0.3, -0.25) is 0 Å². The molecule has 24 heavy (non-hydrogen) atoms. The van der Waals surface area contributed by atoms with E-state index in [1.54, 1.807) is 18.2 Å². The summed E-state index contributed by atoms with van der Waals surface area (Å²) in [6, 6.07) is 5.66. The highest BCUT2D eigenvalue weighted by Gasteiger charge is 2.35. The highest BCUT2D eigenvalue weighted by molar-refractivity contribution is 7.89. The second-order valence-electron chi connectivity index (χ2n) is 6.40. The van der Waals surface area contributed by atoms with Crippen LogP contribution in [0.1, 0.15) is 39.5 Å². The van der Waals surface area contributed by atoms with E-state index in [-0.39, 0.29) is 10.9 Å². The summed E-state index contributed by atoms with van der Waals surface area (Å²) in [5.41, 5.74) is 0. The summed E-state index contributed by atoms with van der Waals surface area (Å²) in [6.45, 7) is 4.70. The molecule has 2 atom stereocenters. The van der Waals surface area contributed by atoms with Crippen molar-refractivity contribution >= 4 is 10.0 Å². The Hall–Kier alpha value is -1.31. The number of hydrogen-bond donors (Lipinski definition) is 2. The largest absolute Gasteiger partial charge is 0.490 e. The van der Waals surface area contributed by atoms with Crippen LogP contribution in [0.3, 0.4) is 0 Å². The summed E-state index contributed by atoms with van der Waals surface area (Å²) >= 11 is 0. The second-order valence-corrected chi connectivity index (χ2v) is 8.12. The zero-order valence-electron chi connectivity index (χ0n) is 14.2. The first-order chi connectivity index (χ1) is 11.5. The molecule has 0 amide bonds. The summed E-state index contributed by atoms with van der Waals surface area (Å²) in [7, 11) is -3.56. The van der Waals surface area contributed by atoms with Crippen molar-refractivity contribution < 1.29 is 17.9 Å². The zero-order valence-corrected chi connectivity index (χ0v) is 15.1. The Bertz CT molecular complexity index is 665. The lowest BCUT2D eigenvalue weighted by Gasteiger charge is -2.29. The first-order valence-corrected chi connectivity index (χ1v) is 10.2. The standard InChI is InChI=1S/C17H26N2O4S/c1-3-22-16-8-7-15(11-17(16)23-4-2)24(20,21)19-14-9-12-5-6-13(10-14)18-12/h7-8,11-14,18-19H,3-6,9-10H2,1-2H3. The number of ether oxygens (including phenoxy) is 2. The quantitative estimate of drug-likeness (QED) is 0.784. The monoisotopic (exact) mass is 354 g/mol. The molecule has 2 aliphatic heterocycles. The van der Waals surface area contributed by atoms with Crippen molar-refractivity contribution in [2.24, 2.45) is 0 Å². The van der Waals surface area contributed by atoms with Crippen molar-refractivity contribution in [2.75, 3.05) is 13.2 Å². The van der Waals surface area contributed by atoms with Crippen LogP contribution in [0.25, 0.3) is 0 Å². The van der Waals surface area contributed by atoms with Crippen LogP contribution >= 0.6 is 0 Å². The zero-order chi connectivity index (χ0) is 17.2. The normalized spacial score (nSPS) is 26.3. The lowest BCUT2D eigenvalue weighted by atomic mass is 10.0. The molecule has 0 aliphatic carbocycles. The molecule has 2 aliphatic rings. The molecule has 134 valence electrons. The van der Waals surface area contributed by atoms with Gasteiger partial charge in [-0.25, -0.2) is 13.1 Å². The molecule has 2 fully saturated rings. The Balaban J connectivity index is 1.77. The Morgan fingerprint density at radius 3 is 2.33 bits per heavy atom. The summed E-state index contributed by atoms with van der Waals surface area (Å²) in [5, 5.41) is 3.52. The van der Waals surface area contributed by atoms with Gasteiger partial charge in [-0.05, 0) is 51.7 Å². The molecule has 1 aromatic rings. The van der Waals surface area contributed by atoms with Gasteiger partial charge in [-0.15, -0.1) is 0 Å². The first-order valence-electron chi connectivity index (χ1n) is 8.69. The Kier molecular flexibility index (Phi) is 5.32. The molecule has 6 nitrogen and oxygen atoms in total. The van der Waals surface area contributed by atoms with Gasteiger partial charge in [0.05, 0.1) is 18.1 Å². The van der Waals surface area contributed by atoms with Crippen LogP contribution < -0.4 is 19.5 Å². The summed E-state index contributed by atoms with van der Waals surface area (Å²) in [4.78, 5) is 0.222. The van der Waals surface area contributed by atoms with Gasteiger partial charge >= 0.3 is 0 Å². The van der Waals surface area contributed by atoms with E-state index in [1.165, 1.54) is 0 Å². The topological polar surface area (TPSA) is 76.7 Å². The highest BCUT2D eigenvalue weighted by atomic mass is 32.2. The Morgan fingerprint density at radius 2 is 1.71 bits per heavy atom. The van der Waals surface area contributed by atoms with Crippen molar-refractivity contribution in [2.45, 2.75) is 62.6 Å². The molecule has 2 N–H and O–H groups in total. The van der Waals surface area contributed by atoms with Crippen molar-refractivity contribution in [3.05, 3.63) is 18.2 Å². The Morgan fingerprint density at radius 1 is 1.08 bits per heavy atom. The van der Waals surface area contributed by atoms with Gasteiger partial charge in [0.25, 0.3) is 0 Å². The van der Waals surface area contributed by atoms with Crippen molar-refractivity contribution in [1.29, 1.82) is 0 Å². The molecule has 7 heteroatoms. The number of sulfonamides is 1. The summed E-state index contributed by atoms with van der Waals surface area (Å²) in [5.74, 6) is 1.03. The van der Waals surface area contributed by atoms with E-state index >= 15 is 0 Å². The maximum absolute atomic E-state index is 12.7. The molecule has 2 bridgehead atoms. The maximum Gasteiger partial charge on any atom is 0.240 e. The molecule has 2 heterocycles. The molecule has 3 rings (SSSR count). The third kappa shape index (κ3) is 3.84. The molecule has 0 radical (unpaired) electrons. The SMILES string of the molecule is CCOc1ccc(S(=O)(=O)NC2CC3CCC(C2)N3)cc1OCC. The van der Waals surface area contributed by atoms with Crippen molar-refractivity contribution in [3.63, 3.8) is 0 Å². The van der Waals surface area contributed by atoms with Crippen LogP contribution in [0.5, 0.6) is 11.5 Å². The van der Waals surface area contributed by atoms with E-state index in [9.17, 15) is 8.42 Å². The molecular weight excluding hydrogens is 328 g/mol. The van der Waals surface area contributed by atoms with Crippen molar-refractivity contribution in [1.82, 2.24) is 10.0 Å². The fraction of sp³-hybridized carbons (Fsp3) is 0.647. The molecule has 0 aromatic heterocycles. The minimum Gasteiger partial charge on any atom is -0.490 e. The van der Waals surface area contributed by atoms with Gasteiger partial charge in [0.1, 0.15) is 0 Å². The summed E-state index contributed by atoms with van der Waals surface area (Å²) < 4.78 is 39.4. The molecular formula is C17H26N2O4S. The minimum absolute atomic E-state index is 0.00383. The molecule has 0 saturated carbocycles. The predicted molar refractivity (Wildman–Crippen MR) is 92.1 cm³/mol. The van der Waals surface area contributed by atoms with E-state index in [2.05, 4.69) is 10.0 Å². The Labute approximate surface area is 144 Å². The molecule has 1 aromatic carbocycles. The number of fused-ring (bicyclic) bond motifs is 2. The van der Waals surface area contributed by atoms with Crippen LogP contribution in [0, 0.1) is 0 Å². The predicted octanol–water partition coefficient (Wildman–Crippen LogP) is 2.05. The van der Waals surface area contributed by atoms with E-state index in [0.29, 0.717) is 36.8 Å². The minimum atomic E-state index is -3.56. The fourth-order valence-electron chi connectivity index (χ4n) is 3.64. The van der Waals surface area contributed by atoms with Gasteiger partial charge in [-0.1, -0.05) is 0 Å². The first kappa shape index (κ1) is 17.5. The van der Waals surface area contributed by atoms with Gasteiger partial charge in [-0.2, -0.15) is 0 Å². The number of rotatable bonds is 7. The number of benzene rings is 1. The average molecular weight is 354 g/mol. The average Bonchev–Trinajstić information content (AvgIpc) is 2.88. The number of hydrogen-bond acceptors (Lipinski definition) is 5. The number of nitrogens with one attached hydrogen (secondary N) is 2. The van der Waals surface area contributed by atoms with E-state index in [0.717, 1.165) is 25.7 Å². The van der Waals surface area contributed by atoms with E-state index in [4.69, 9.17) is 9.47 Å². The lowest BCUT2D eigenvalue weighted by molar-refractivity contribution is 0.287. The van der Waals surface area contributed by atoms with Gasteiger partial charge < -0.3 is 14.8 Å². The molecule has 2 unspecified atom stereocenters. The van der Waals surface area contributed by atoms with Crippen LogP contribution in [0.2, 0.25) is 0 Å². The molecule has 2 saturated heterocycles. The van der Waals surface area contributed by atoms with Crippen molar-refractivity contribution in [3.8, 4) is 11.5 Å². The van der Waals surface area contributed by atoms with Gasteiger partial charge in [0, 0.05) is 24.2 Å². The van der Waals surface area contributed by atoms with Crippen LogP contribution in [-0.4, -0.2) is 39.8 Å². The molecule has 0 spiro atoms. The third-order valence-electron chi connectivity index (χ3n) is 4.62. The number of piperidine rings is 1. The maximum atomic E-state index is 12.7. The van der Waals surface area contributed by atoms with Gasteiger partial charge in [0.15, 0.2) is 11.5 Å². The highest BCUT2D eigenvalue weighted by Crippen LogP contribution is 2.31. The second kappa shape index (κ2) is 7.29. The fourth-order valence-corrected chi connectivity index (χ4v) is 4.92. The van der Waals surface area contributed by atoms with E-state index in [1.807, 2.05) is 13.8 Å². The van der Waals surface area contributed by atoms with Gasteiger partial charge in [0.2, 0.25) is 10.0 Å². The smallest absolute Gasteiger partial charge is 0.240 e. The third-order valence-corrected chi connectivity index (χ3v) is 6.14. The van der Waals surface area contributed by atoms with Crippen LogP contribution in [-0.2, 0) is 10.0 Å². The van der Waals surface area contributed by atoms with Crippen LogP contribution in [0.15, 0.2) is 23.1 Å². The van der Waals surface area contributed by atoms with E-state index < -0.39 is 10.0 Å². The summed E-state index contributed by atoms with van der Waals surface area (Å²) in [6.07, 6.45) is 3.98. The van der Waals surface area contributed by atoms with Crippen LogP contribution in [0.4, 0.5) is 0 Å².